The number of ketones is 1. The van der Waals surface area contributed by atoms with E-state index < -0.39 is 11.2 Å². The van der Waals surface area contributed by atoms with Gasteiger partial charge in [0.05, 0.1) is 6.54 Å². The van der Waals surface area contributed by atoms with Gasteiger partial charge in [0, 0.05) is 0 Å². The Hall–Kier alpha value is -0.260. The van der Waals surface area contributed by atoms with E-state index in [4.69, 9.17) is 5.14 Å². The largest absolute Gasteiger partial charge is 0.299 e. The van der Waals surface area contributed by atoms with Crippen molar-refractivity contribution in [3.05, 3.63) is 0 Å². The normalized spacial score (nSPS) is 13.2. The van der Waals surface area contributed by atoms with Crippen LogP contribution in [-0.2, 0) is 16.0 Å². The minimum atomic E-state index is -1.56. The van der Waals surface area contributed by atoms with Gasteiger partial charge in [-0.3, -0.25) is 4.79 Å². The Morgan fingerprint density at radius 1 is 1.88 bits per heavy atom. The molecule has 0 heterocycles. The second-order valence-corrected chi connectivity index (χ2v) is 2.20. The van der Waals surface area contributed by atoms with E-state index in [1.807, 2.05) is 0 Å². The van der Waals surface area contributed by atoms with Gasteiger partial charge in [0.25, 0.3) is 0 Å². The SMILES string of the molecule is CC(=O)CNS(N)=O. The Balaban J connectivity index is 3.18. The van der Waals surface area contributed by atoms with Crippen LogP contribution >= 0.6 is 0 Å². The average molecular weight is 136 g/mol. The molecule has 0 aliphatic heterocycles. The summed E-state index contributed by atoms with van der Waals surface area (Å²) in [6, 6.07) is 0. The molecule has 0 aromatic rings. The lowest BCUT2D eigenvalue weighted by atomic mass is 10.5. The molecule has 48 valence electrons. The molecule has 0 aliphatic carbocycles. The molecule has 0 spiro atoms. The van der Waals surface area contributed by atoms with Crippen molar-refractivity contribution in [3.63, 3.8) is 0 Å². The zero-order chi connectivity index (χ0) is 6.57. The lowest BCUT2D eigenvalue weighted by molar-refractivity contribution is -0.115. The van der Waals surface area contributed by atoms with Crippen LogP contribution < -0.4 is 9.86 Å². The monoisotopic (exact) mass is 136 g/mol. The van der Waals surface area contributed by atoms with Crippen LogP contribution in [0.4, 0.5) is 0 Å². The molecule has 0 saturated carbocycles. The van der Waals surface area contributed by atoms with E-state index in [2.05, 4.69) is 4.72 Å². The van der Waals surface area contributed by atoms with Crippen molar-refractivity contribution in [2.45, 2.75) is 6.92 Å². The summed E-state index contributed by atoms with van der Waals surface area (Å²) in [7, 11) is 0. The van der Waals surface area contributed by atoms with E-state index in [0.29, 0.717) is 0 Å². The molecule has 0 aromatic heterocycles. The van der Waals surface area contributed by atoms with E-state index in [9.17, 15) is 9.00 Å². The van der Waals surface area contributed by atoms with Gasteiger partial charge in [-0.1, -0.05) is 0 Å². The molecule has 0 rings (SSSR count). The highest BCUT2D eigenvalue weighted by Gasteiger charge is 1.91. The summed E-state index contributed by atoms with van der Waals surface area (Å²) >= 11 is -1.56. The minimum absolute atomic E-state index is 0.0725. The van der Waals surface area contributed by atoms with E-state index in [0.717, 1.165) is 0 Å². The standard InChI is InChI=1S/C3H8N2O2S/c1-3(6)2-5-8(4)7/h5H,2,4H2,1H3. The Bertz CT molecular complexity index is 99.9. The number of carbonyl (C=O) groups excluding carboxylic acids is 1. The molecule has 0 radical (unpaired) electrons. The van der Waals surface area contributed by atoms with Crippen LogP contribution in [0.5, 0.6) is 0 Å². The molecular formula is C3H8N2O2S. The van der Waals surface area contributed by atoms with E-state index in [1.54, 1.807) is 0 Å². The molecule has 3 N–H and O–H groups in total. The molecule has 5 heteroatoms. The van der Waals surface area contributed by atoms with Crippen molar-refractivity contribution in [1.82, 2.24) is 4.72 Å². The maximum atomic E-state index is 10.1. The van der Waals surface area contributed by atoms with Gasteiger partial charge in [-0.15, -0.1) is 0 Å². The summed E-state index contributed by atoms with van der Waals surface area (Å²) in [4.78, 5) is 10.1. The number of rotatable bonds is 3. The summed E-state index contributed by atoms with van der Waals surface area (Å²) in [5.74, 6) is -0.0798. The van der Waals surface area contributed by atoms with Crippen molar-refractivity contribution in [3.8, 4) is 0 Å². The minimum Gasteiger partial charge on any atom is -0.299 e. The highest BCUT2D eigenvalue weighted by Crippen LogP contribution is 1.62. The van der Waals surface area contributed by atoms with Crippen molar-refractivity contribution >= 4 is 17.0 Å². The number of carbonyl (C=O) groups is 1. The predicted octanol–water partition coefficient (Wildman–Crippen LogP) is -1.30. The molecule has 4 nitrogen and oxygen atoms in total. The van der Waals surface area contributed by atoms with Crippen LogP contribution in [0.15, 0.2) is 0 Å². The quantitative estimate of drug-likeness (QED) is 0.506. The molecular weight excluding hydrogens is 128 g/mol. The molecule has 0 bridgehead atoms. The van der Waals surface area contributed by atoms with Crippen molar-refractivity contribution in [2.24, 2.45) is 5.14 Å². The fourth-order valence-electron chi connectivity index (χ4n) is 0.173. The molecule has 0 saturated heterocycles. The number of hydrogen-bond acceptors (Lipinski definition) is 2. The predicted molar refractivity (Wildman–Crippen MR) is 31.0 cm³/mol. The van der Waals surface area contributed by atoms with Crippen molar-refractivity contribution in [1.29, 1.82) is 0 Å². The van der Waals surface area contributed by atoms with Crippen LogP contribution in [-0.4, -0.2) is 16.5 Å². The smallest absolute Gasteiger partial charge is 0.164 e. The van der Waals surface area contributed by atoms with Gasteiger partial charge < -0.3 is 0 Å². The summed E-state index contributed by atoms with van der Waals surface area (Å²) in [6.45, 7) is 1.46. The zero-order valence-corrected chi connectivity index (χ0v) is 5.33. The Morgan fingerprint density at radius 2 is 2.38 bits per heavy atom. The summed E-state index contributed by atoms with van der Waals surface area (Å²) < 4.78 is 12.2. The van der Waals surface area contributed by atoms with E-state index in [1.165, 1.54) is 6.92 Å². The number of hydrogen-bond donors (Lipinski definition) is 2. The molecule has 0 amide bonds. The third kappa shape index (κ3) is 5.74. The Morgan fingerprint density at radius 3 is 2.50 bits per heavy atom. The third-order valence-corrected chi connectivity index (χ3v) is 0.892. The van der Waals surface area contributed by atoms with Crippen molar-refractivity contribution < 1.29 is 9.00 Å². The maximum absolute atomic E-state index is 10.1. The molecule has 0 fully saturated rings. The van der Waals surface area contributed by atoms with Gasteiger partial charge in [0.1, 0.15) is 5.78 Å². The molecule has 8 heavy (non-hydrogen) atoms. The van der Waals surface area contributed by atoms with E-state index >= 15 is 0 Å². The first-order valence-electron chi connectivity index (χ1n) is 2.02. The van der Waals surface area contributed by atoms with Crippen LogP contribution in [0.3, 0.4) is 0 Å². The average Bonchev–Trinajstić information content (AvgIpc) is 1.61. The summed E-state index contributed by atoms with van der Waals surface area (Å²) in [5, 5.41) is 4.75. The fourth-order valence-corrected chi connectivity index (χ4v) is 0.518. The van der Waals surface area contributed by atoms with Crippen LogP contribution in [0.25, 0.3) is 0 Å². The highest BCUT2D eigenvalue weighted by molar-refractivity contribution is 7.80. The van der Waals surface area contributed by atoms with Crippen LogP contribution in [0.1, 0.15) is 6.92 Å². The number of Topliss-reactive ketones (excluding diaryl/α,β-unsaturated/α-hetero) is 1. The second kappa shape index (κ2) is 3.71. The first-order chi connectivity index (χ1) is 3.63. The van der Waals surface area contributed by atoms with Crippen LogP contribution in [0.2, 0.25) is 0 Å². The fraction of sp³-hybridized carbons (Fsp3) is 0.667. The molecule has 0 aromatic carbocycles. The topological polar surface area (TPSA) is 72.2 Å². The Kier molecular flexibility index (Phi) is 3.59. The van der Waals surface area contributed by atoms with Crippen molar-refractivity contribution in [2.75, 3.05) is 6.54 Å². The first-order valence-corrected chi connectivity index (χ1v) is 3.23. The maximum Gasteiger partial charge on any atom is 0.164 e. The van der Waals surface area contributed by atoms with Gasteiger partial charge in [-0.25, -0.2) is 14.1 Å². The summed E-state index contributed by atoms with van der Waals surface area (Å²) in [6.07, 6.45) is 0. The highest BCUT2D eigenvalue weighted by atomic mass is 32.2. The van der Waals surface area contributed by atoms with E-state index in [-0.39, 0.29) is 12.3 Å². The van der Waals surface area contributed by atoms with Crippen LogP contribution in [0, 0.1) is 0 Å². The zero-order valence-electron chi connectivity index (χ0n) is 4.51. The number of nitrogens with two attached hydrogens (primary N) is 1. The molecule has 1 atom stereocenters. The summed E-state index contributed by atoms with van der Waals surface area (Å²) in [5.41, 5.74) is 0. The lowest BCUT2D eigenvalue weighted by Crippen LogP contribution is -2.28. The van der Waals surface area contributed by atoms with Gasteiger partial charge in [-0.05, 0) is 6.92 Å². The first kappa shape index (κ1) is 7.74. The van der Waals surface area contributed by atoms with Gasteiger partial charge in [-0.2, -0.15) is 0 Å². The second-order valence-electron chi connectivity index (χ2n) is 1.32. The Labute approximate surface area is 50.2 Å². The van der Waals surface area contributed by atoms with Gasteiger partial charge >= 0.3 is 0 Å². The molecule has 1 unspecified atom stereocenters. The lowest BCUT2D eigenvalue weighted by Gasteiger charge is -1.91. The number of nitrogens with one attached hydrogen (secondary N) is 1. The third-order valence-electron chi connectivity index (χ3n) is 0.463. The molecule has 0 aliphatic rings. The van der Waals surface area contributed by atoms with Gasteiger partial charge in [0.15, 0.2) is 11.2 Å². The van der Waals surface area contributed by atoms with Gasteiger partial charge in [0.2, 0.25) is 0 Å².